The summed E-state index contributed by atoms with van der Waals surface area (Å²) < 4.78 is 8.82. The van der Waals surface area contributed by atoms with Gasteiger partial charge in [0.25, 0.3) is 0 Å². The lowest BCUT2D eigenvalue weighted by Gasteiger charge is -2.05. The maximum Gasteiger partial charge on any atom is 0.159 e. The Hall–Kier alpha value is -2.07. The number of ketones is 1. The van der Waals surface area contributed by atoms with E-state index in [1.807, 2.05) is 24.3 Å². The molecule has 0 N–H and O–H groups in total. The highest BCUT2D eigenvalue weighted by Crippen LogP contribution is 2.30. The van der Waals surface area contributed by atoms with E-state index in [9.17, 15) is 4.79 Å². The van der Waals surface area contributed by atoms with E-state index >= 15 is 0 Å². The number of aryl methyl sites for hydroxylation is 1. The Kier molecular flexibility index (Phi) is 3.32. The van der Waals surface area contributed by atoms with Crippen molar-refractivity contribution in [2.24, 2.45) is 0 Å². The molecule has 1 heterocycles. The minimum atomic E-state index is 0.0818. The molecule has 0 radical (unpaired) electrons. The number of hydrogen-bond acceptors (Lipinski definition) is 4. The molecule has 0 aliphatic rings. The van der Waals surface area contributed by atoms with E-state index in [-0.39, 0.29) is 5.78 Å². The summed E-state index contributed by atoms with van der Waals surface area (Å²) in [4.78, 5) is 11.3. The van der Waals surface area contributed by atoms with Crippen LogP contribution in [-0.2, 0) is 6.42 Å². The zero-order chi connectivity index (χ0) is 14.1. The lowest BCUT2D eigenvalue weighted by Crippen LogP contribution is -1.91. The Labute approximate surface area is 121 Å². The van der Waals surface area contributed by atoms with Gasteiger partial charge in [-0.25, -0.2) is 0 Å². The highest BCUT2D eigenvalue weighted by atomic mass is 32.1. The fraction of sp³-hybridized carbons (Fsp3) is 0.188. The van der Waals surface area contributed by atoms with Crippen LogP contribution in [0.2, 0.25) is 0 Å². The number of fused-ring (bicyclic) bond motifs is 1. The molecule has 0 saturated heterocycles. The fourth-order valence-electron chi connectivity index (χ4n) is 2.32. The van der Waals surface area contributed by atoms with Crippen molar-refractivity contribution in [2.75, 3.05) is 0 Å². The van der Waals surface area contributed by atoms with Gasteiger partial charge in [-0.2, -0.15) is 8.75 Å². The van der Waals surface area contributed by atoms with Crippen LogP contribution < -0.4 is 0 Å². The largest absolute Gasteiger partial charge is 0.295 e. The van der Waals surface area contributed by atoms with E-state index in [2.05, 4.69) is 27.8 Å². The molecule has 1 aromatic heterocycles. The van der Waals surface area contributed by atoms with Crippen LogP contribution in [0.3, 0.4) is 0 Å². The Balaban J connectivity index is 2.14. The van der Waals surface area contributed by atoms with Gasteiger partial charge in [0.1, 0.15) is 11.0 Å². The third kappa shape index (κ3) is 2.12. The SMILES string of the molecule is CCc1ccc(-c2ccc(C(C)=O)cc2)c2nsnc12. The molecule has 0 amide bonds. The Bertz CT molecular complexity index is 775. The summed E-state index contributed by atoms with van der Waals surface area (Å²) in [5.74, 6) is 0.0818. The molecule has 0 atom stereocenters. The number of aromatic nitrogens is 2. The molecule has 0 saturated carbocycles. The number of carbonyl (C=O) groups is 1. The van der Waals surface area contributed by atoms with Crippen molar-refractivity contribution >= 4 is 28.5 Å². The molecule has 3 aromatic rings. The van der Waals surface area contributed by atoms with Crippen LogP contribution in [0.5, 0.6) is 0 Å². The van der Waals surface area contributed by atoms with E-state index in [4.69, 9.17) is 0 Å². The van der Waals surface area contributed by atoms with Crippen LogP contribution in [0.15, 0.2) is 36.4 Å². The molecule has 4 heteroatoms. The fourth-order valence-corrected chi connectivity index (χ4v) is 2.91. The second-order valence-corrected chi connectivity index (χ2v) is 5.25. The van der Waals surface area contributed by atoms with E-state index in [0.717, 1.165) is 34.1 Å². The van der Waals surface area contributed by atoms with Crippen molar-refractivity contribution in [3.63, 3.8) is 0 Å². The minimum Gasteiger partial charge on any atom is -0.295 e. The van der Waals surface area contributed by atoms with Gasteiger partial charge in [0.2, 0.25) is 0 Å². The summed E-state index contributed by atoms with van der Waals surface area (Å²) in [6.07, 6.45) is 0.950. The van der Waals surface area contributed by atoms with Gasteiger partial charge < -0.3 is 0 Å². The minimum absolute atomic E-state index is 0.0818. The van der Waals surface area contributed by atoms with Gasteiger partial charge in [-0.15, -0.1) is 0 Å². The summed E-state index contributed by atoms with van der Waals surface area (Å²) in [6, 6.07) is 11.9. The Morgan fingerprint density at radius 2 is 1.75 bits per heavy atom. The first-order chi connectivity index (χ1) is 9.70. The molecule has 0 aliphatic heterocycles. The topological polar surface area (TPSA) is 42.9 Å². The maximum absolute atomic E-state index is 11.3. The third-order valence-electron chi connectivity index (χ3n) is 3.48. The molecule has 3 nitrogen and oxygen atoms in total. The molecule has 2 aromatic carbocycles. The van der Waals surface area contributed by atoms with Crippen LogP contribution in [0, 0.1) is 0 Å². The molecule has 0 bridgehead atoms. The van der Waals surface area contributed by atoms with Gasteiger partial charge in [0, 0.05) is 11.1 Å². The number of nitrogens with zero attached hydrogens (tertiary/aromatic N) is 2. The number of Topliss-reactive ketones (excluding diaryl/α,β-unsaturated/α-hetero) is 1. The highest BCUT2D eigenvalue weighted by molar-refractivity contribution is 7.00. The zero-order valence-corrected chi connectivity index (χ0v) is 12.2. The molecule has 100 valence electrons. The van der Waals surface area contributed by atoms with Crippen molar-refractivity contribution in [3.8, 4) is 11.1 Å². The summed E-state index contributed by atoms with van der Waals surface area (Å²) >= 11 is 1.25. The molecule has 0 aliphatic carbocycles. The molecule has 20 heavy (non-hydrogen) atoms. The second-order valence-electron chi connectivity index (χ2n) is 4.72. The quantitative estimate of drug-likeness (QED) is 0.678. The van der Waals surface area contributed by atoms with Crippen LogP contribution in [0.4, 0.5) is 0 Å². The van der Waals surface area contributed by atoms with Gasteiger partial charge in [-0.3, -0.25) is 4.79 Å². The molecule has 3 rings (SSSR count). The lowest BCUT2D eigenvalue weighted by atomic mass is 9.99. The van der Waals surface area contributed by atoms with Crippen molar-refractivity contribution < 1.29 is 4.79 Å². The predicted molar refractivity (Wildman–Crippen MR) is 82.2 cm³/mol. The first-order valence-corrected chi connectivity index (χ1v) is 7.29. The average Bonchev–Trinajstić information content (AvgIpc) is 2.95. The van der Waals surface area contributed by atoms with Gasteiger partial charge in [0.15, 0.2) is 5.78 Å². The van der Waals surface area contributed by atoms with E-state index < -0.39 is 0 Å². The van der Waals surface area contributed by atoms with Crippen molar-refractivity contribution in [1.82, 2.24) is 8.75 Å². The number of carbonyl (C=O) groups excluding carboxylic acids is 1. The van der Waals surface area contributed by atoms with E-state index in [0.29, 0.717) is 0 Å². The number of rotatable bonds is 3. The average molecular weight is 282 g/mol. The van der Waals surface area contributed by atoms with Crippen molar-refractivity contribution in [2.45, 2.75) is 20.3 Å². The van der Waals surface area contributed by atoms with Gasteiger partial charge >= 0.3 is 0 Å². The monoisotopic (exact) mass is 282 g/mol. The number of benzene rings is 2. The number of hydrogen-bond donors (Lipinski definition) is 0. The first-order valence-electron chi connectivity index (χ1n) is 6.56. The van der Waals surface area contributed by atoms with Gasteiger partial charge in [-0.05, 0) is 24.5 Å². The summed E-state index contributed by atoms with van der Waals surface area (Å²) in [6.45, 7) is 3.70. The van der Waals surface area contributed by atoms with Crippen molar-refractivity contribution in [3.05, 3.63) is 47.5 Å². The van der Waals surface area contributed by atoms with Crippen LogP contribution >= 0.6 is 11.7 Å². The smallest absolute Gasteiger partial charge is 0.159 e. The zero-order valence-electron chi connectivity index (χ0n) is 11.4. The highest BCUT2D eigenvalue weighted by Gasteiger charge is 2.11. The van der Waals surface area contributed by atoms with Crippen LogP contribution in [0.1, 0.15) is 29.8 Å². The predicted octanol–water partition coefficient (Wildman–Crippen LogP) is 4.12. The Morgan fingerprint density at radius 1 is 1.05 bits per heavy atom. The molecule has 0 spiro atoms. The molecule has 0 fully saturated rings. The van der Waals surface area contributed by atoms with Crippen molar-refractivity contribution in [1.29, 1.82) is 0 Å². The van der Waals surface area contributed by atoms with E-state index in [1.165, 1.54) is 17.3 Å². The normalized spacial score (nSPS) is 10.9. The lowest BCUT2D eigenvalue weighted by molar-refractivity contribution is 0.101. The standard InChI is InChI=1S/C16H14N2OS/c1-3-11-8-9-14(16-15(11)17-20-18-16)13-6-4-12(5-7-13)10(2)19/h4-9H,3H2,1-2H3. The van der Waals surface area contributed by atoms with Gasteiger partial charge in [-0.1, -0.05) is 43.3 Å². The van der Waals surface area contributed by atoms with E-state index in [1.54, 1.807) is 6.92 Å². The second kappa shape index (κ2) is 5.13. The molecular weight excluding hydrogens is 268 g/mol. The Morgan fingerprint density at radius 3 is 2.40 bits per heavy atom. The summed E-state index contributed by atoms with van der Waals surface area (Å²) in [7, 11) is 0. The van der Waals surface area contributed by atoms with Crippen LogP contribution in [-0.4, -0.2) is 14.5 Å². The maximum atomic E-state index is 11.3. The van der Waals surface area contributed by atoms with Crippen LogP contribution in [0.25, 0.3) is 22.2 Å². The van der Waals surface area contributed by atoms with Gasteiger partial charge in [0.05, 0.1) is 11.7 Å². The molecular formula is C16H14N2OS. The first kappa shape index (κ1) is 12.9. The summed E-state index contributed by atoms with van der Waals surface area (Å²) in [5.41, 5.74) is 6.02. The summed E-state index contributed by atoms with van der Waals surface area (Å²) in [5, 5.41) is 0. The molecule has 0 unspecified atom stereocenters. The third-order valence-corrected chi connectivity index (χ3v) is 4.01.